The zero-order valence-corrected chi connectivity index (χ0v) is 14.7. The molecule has 0 spiro atoms. The Morgan fingerprint density at radius 1 is 1.28 bits per heavy atom. The first kappa shape index (κ1) is 18.6. The first-order valence-electron chi connectivity index (χ1n) is 7.54. The van der Waals surface area contributed by atoms with E-state index in [-0.39, 0.29) is 22.4 Å². The molecule has 2 rings (SSSR count). The predicted molar refractivity (Wildman–Crippen MR) is 95.0 cm³/mol. The number of benzene rings is 1. The van der Waals surface area contributed by atoms with E-state index >= 15 is 0 Å². The zero-order chi connectivity index (χ0) is 18.6. The third-order valence-corrected chi connectivity index (χ3v) is 4.42. The fraction of sp³-hybridized carbons (Fsp3) is 0.267. The molecule has 10 heteroatoms. The molecule has 0 saturated carbocycles. The fourth-order valence-corrected chi connectivity index (χ4v) is 2.44. The summed E-state index contributed by atoms with van der Waals surface area (Å²) in [4.78, 5) is 19.8. The van der Waals surface area contributed by atoms with Crippen molar-refractivity contribution in [2.75, 3.05) is 10.6 Å². The topological polar surface area (TPSA) is 153 Å². The third-order valence-electron chi connectivity index (χ3n) is 3.49. The van der Waals surface area contributed by atoms with Crippen LogP contribution in [0.4, 0.5) is 17.5 Å². The summed E-state index contributed by atoms with van der Waals surface area (Å²) < 4.78 is 22.5. The van der Waals surface area contributed by atoms with E-state index in [1.807, 2.05) is 13.8 Å². The SMILES string of the molecule is CCC(C)Nc1nc(Nc2ccc(S(N)(=O)=O)cc2)ncc1C(N)=O. The van der Waals surface area contributed by atoms with Crippen molar-refractivity contribution in [1.29, 1.82) is 0 Å². The summed E-state index contributed by atoms with van der Waals surface area (Å²) in [6.45, 7) is 3.95. The summed E-state index contributed by atoms with van der Waals surface area (Å²) in [5.41, 5.74) is 6.10. The molecule has 25 heavy (non-hydrogen) atoms. The van der Waals surface area contributed by atoms with Gasteiger partial charge in [0.2, 0.25) is 16.0 Å². The highest BCUT2D eigenvalue weighted by Gasteiger charge is 2.14. The number of nitrogens with one attached hydrogen (secondary N) is 2. The molecule has 1 heterocycles. The molecule has 1 atom stereocenters. The Labute approximate surface area is 145 Å². The Morgan fingerprint density at radius 3 is 2.44 bits per heavy atom. The van der Waals surface area contributed by atoms with Crippen LogP contribution in [0.3, 0.4) is 0 Å². The van der Waals surface area contributed by atoms with E-state index in [1.165, 1.54) is 30.5 Å². The Kier molecular flexibility index (Phi) is 5.55. The molecule has 1 aromatic heterocycles. The van der Waals surface area contributed by atoms with E-state index in [1.54, 1.807) is 0 Å². The fourth-order valence-electron chi connectivity index (χ4n) is 1.92. The van der Waals surface area contributed by atoms with Gasteiger partial charge in [-0.25, -0.2) is 18.5 Å². The van der Waals surface area contributed by atoms with Crippen molar-refractivity contribution in [2.24, 2.45) is 10.9 Å². The highest BCUT2D eigenvalue weighted by atomic mass is 32.2. The maximum absolute atomic E-state index is 11.5. The number of anilines is 3. The number of rotatable bonds is 7. The first-order chi connectivity index (χ1) is 11.7. The third kappa shape index (κ3) is 4.88. The predicted octanol–water partition coefficient (Wildman–Crippen LogP) is 1.18. The van der Waals surface area contributed by atoms with Gasteiger partial charge in [-0.1, -0.05) is 6.92 Å². The second kappa shape index (κ2) is 7.45. The van der Waals surface area contributed by atoms with Gasteiger partial charge in [0.05, 0.1) is 10.5 Å². The summed E-state index contributed by atoms with van der Waals surface area (Å²) in [7, 11) is -3.75. The standard InChI is InChI=1S/C15H20N6O3S/c1-3-9(2)19-14-12(13(16)22)8-18-15(21-14)20-10-4-6-11(7-5-10)25(17,23)24/h4-9H,3H2,1-2H3,(H2,16,22)(H2,17,23,24)(H2,18,19,20,21). The van der Waals surface area contributed by atoms with Crippen LogP contribution in [0.1, 0.15) is 30.6 Å². The van der Waals surface area contributed by atoms with Gasteiger partial charge in [0, 0.05) is 17.9 Å². The quantitative estimate of drug-likeness (QED) is 0.575. The number of amides is 1. The van der Waals surface area contributed by atoms with Crippen LogP contribution in [0.5, 0.6) is 0 Å². The van der Waals surface area contributed by atoms with Crippen LogP contribution in [-0.4, -0.2) is 30.3 Å². The molecular formula is C15H20N6O3S. The van der Waals surface area contributed by atoms with Crippen molar-refractivity contribution >= 4 is 33.4 Å². The molecular weight excluding hydrogens is 344 g/mol. The molecule has 0 fully saturated rings. The number of carbonyl (C=O) groups is 1. The van der Waals surface area contributed by atoms with Gasteiger partial charge in [0.15, 0.2) is 0 Å². The average molecular weight is 364 g/mol. The lowest BCUT2D eigenvalue weighted by atomic mass is 10.2. The number of sulfonamides is 1. The molecule has 0 aliphatic carbocycles. The minimum Gasteiger partial charge on any atom is -0.367 e. The van der Waals surface area contributed by atoms with Crippen LogP contribution in [0.2, 0.25) is 0 Å². The first-order valence-corrected chi connectivity index (χ1v) is 9.08. The number of nitrogens with two attached hydrogens (primary N) is 2. The second-order valence-corrected chi connectivity index (χ2v) is 7.03. The molecule has 6 N–H and O–H groups in total. The van der Waals surface area contributed by atoms with E-state index < -0.39 is 15.9 Å². The molecule has 134 valence electrons. The van der Waals surface area contributed by atoms with E-state index in [0.29, 0.717) is 11.5 Å². The Balaban J connectivity index is 2.27. The molecule has 1 aromatic carbocycles. The van der Waals surface area contributed by atoms with Crippen LogP contribution in [-0.2, 0) is 10.0 Å². The van der Waals surface area contributed by atoms with Gasteiger partial charge in [-0.15, -0.1) is 0 Å². The van der Waals surface area contributed by atoms with Crippen molar-refractivity contribution in [2.45, 2.75) is 31.2 Å². The largest absolute Gasteiger partial charge is 0.367 e. The molecule has 1 amide bonds. The van der Waals surface area contributed by atoms with E-state index in [0.717, 1.165) is 6.42 Å². The Bertz CT molecular complexity index is 867. The van der Waals surface area contributed by atoms with Crippen LogP contribution in [0, 0.1) is 0 Å². The molecule has 0 aliphatic rings. The number of nitrogens with zero attached hydrogens (tertiary/aromatic N) is 2. The number of primary amides is 1. The van der Waals surface area contributed by atoms with Gasteiger partial charge >= 0.3 is 0 Å². The monoisotopic (exact) mass is 364 g/mol. The van der Waals surface area contributed by atoms with Gasteiger partial charge in [-0.3, -0.25) is 4.79 Å². The number of aromatic nitrogens is 2. The van der Waals surface area contributed by atoms with Crippen LogP contribution < -0.4 is 21.5 Å². The maximum Gasteiger partial charge on any atom is 0.254 e. The minimum absolute atomic E-state index is 0.00201. The van der Waals surface area contributed by atoms with Crippen molar-refractivity contribution in [3.8, 4) is 0 Å². The van der Waals surface area contributed by atoms with Gasteiger partial charge in [0.1, 0.15) is 5.82 Å². The van der Waals surface area contributed by atoms with Gasteiger partial charge in [-0.2, -0.15) is 4.98 Å². The summed E-state index contributed by atoms with van der Waals surface area (Å²) in [6.07, 6.45) is 2.17. The van der Waals surface area contributed by atoms with E-state index in [4.69, 9.17) is 10.9 Å². The van der Waals surface area contributed by atoms with Gasteiger partial charge in [0.25, 0.3) is 5.91 Å². The zero-order valence-electron chi connectivity index (χ0n) is 13.9. The average Bonchev–Trinajstić information content (AvgIpc) is 2.54. The summed E-state index contributed by atoms with van der Waals surface area (Å²) >= 11 is 0. The lowest BCUT2D eigenvalue weighted by molar-refractivity contribution is 0.100. The van der Waals surface area contributed by atoms with Gasteiger partial charge in [-0.05, 0) is 37.6 Å². The molecule has 9 nitrogen and oxygen atoms in total. The van der Waals surface area contributed by atoms with Crippen LogP contribution in [0.25, 0.3) is 0 Å². The van der Waals surface area contributed by atoms with Crippen LogP contribution >= 0.6 is 0 Å². The lowest BCUT2D eigenvalue weighted by Gasteiger charge is -2.15. The van der Waals surface area contributed by atoms with Crippen molar-refractivity contribution < 1.29 is 13.2 Å². The molecule has 2 aromatic rings. The smallest absolute Gasteiger partial charge is 0.254 e. The highest BCUT2D eigenvalue weighted by Crippen LogP contribution is 2.19. The maximum atomic E-state index is 11.5. The van der Waals surface area contributed by atoms with E-state index in [2.05, 4.69) is 20.6 Å². The molecule has 0 radical (unpaired) electrons. The van der Waals surface area contributed by atoms with Crippen molar-refractivity contribution in [1.82, 2.24) is 9.97 Å². The molecule has 0 bridgehead atoms. The second-order valence-electron chi connectivity index (χ2n) is 5.47. The summed E-state index contributed by atoms with van der Waals surface area (Å²) in [5, 5.41) is 11.1. The Morgan fingerprint density at radius 2 is 1.92 bits per heavy atom. The molecule has 0 aliphatic heterocycles. The lowest BCUT2D eigenvalue weighted by Crippen LogP contribution is -2.21. The number of hydrogen-bond donors (Lipinski definition) is 4. The normalized spacial score (nSPS) is 12.4. The summed E-state index contributed by atoms with van der Waals surface area (Å²) in [5.74, 6) is -0.0606. The van der Waals surface area contributed by atoms with Gasteiger partial charge < -0.3 is 16.4 Å². The van der Waals surface area contributed by atoms with Crippen molar-refractivity contribution in [3.63, 3.8) is 0 Å². The highest BCUT2D eigenvalue weighted by molar-refractivity contribution is 7.89. The molecule has 0 saturated heterocycles. The van der Waals surface area contributed by atoms with Crippen molar-refractivity contribution in [3.05, 3.63) is 36.0 Å². The summed E-state index contributed by atoms with van der Waals surface area (Å²) in [6, 6.07) is 5.90. The van der Waals surface area contributed by atoms with Crippen LogP contribution in [0.15, 0.2) is 35.4 Å². The minimum atomic E-state index is -3.75. The molecule has 1 unspecified atom stereocenters. The number of carbonyl (C=O) groups excluding carboxylic acids is 1. The Hall–Kier alpha value is -2.72. The van der Waals surface area contributed by atoms with E-state index in [9.17, 15) is 13.2 Å². The number of primary sulfonamides is 1. The number of hydrogen-bond acceptors (Lipinski definition) is 7.